The number of carboxylic acid groups (broad SMARTS) is 1. The number of rotatable bonds is 4. The molecule has 13 heavy (non-hydrogen) atoms. The quantitative estimate of drug-likeness (QED) is 0.709. The van der Waals surface area contributed by atoms with Crippen molar-refractivity contribution in [3.63, 3.8) is 0 Å². The highest BCUT2D eigenvalue weighted by molar-refractivity contribution is 7.13. The Morgan fingerprint density at radius 3 is 2.54 bits per heavy atom. The van der Waals surface area contributed by atoms with Crippen molar-refractivity contribution < 1.29 is 9.90 Å². The molecule has 0 spiro atoms. The van der Waals surface area contributed by atoms with Crippen molar-refractivity contribution >= 4 is 15.4 Å². The van der Waals surface area contributed by atoms with Crippen molar-refractivity contribution in [3.8, 4) is 0 Å². The first kappa shape index (κ1) is 10.2. The number of nitrogens with one attached hydrogen (secondary N) is 1. The maximum absolute atomic E-state index is 10.7. The van der Waals surface area contributed by atoms with Gasteiger partial charge in [-0.05, 0) is 12.0 Å². The molecule has 0 amide bonds. The minimum Gasteiger partial charge on any atom is -0.480 e. The Kier molecular flexibility index (Phi) is 3.87. The molecule has 0 radical (unpaired) electrons. The summed E-state index contributed by atoms with van der Waals surface area (Å²) in [4.78, 5) is 10.7. The largest absolute Gasteiger partial charge is 0.480 e. The van der Waals surface area contributed by atoms with Crippen molar-refractivity contribution in [3.05, 3.63) is 35.9 Å². The monoisotopic (exact) mass is 197 g/mol. The lowest BCUT2D eigenvalue weighted by Crippen LogP contribution is -2.32. The van der Waals surface area contributed by atoms with Crippen LogP contribution in [-0.2, 0) is 11.2 Å². The van der Waals surface area contributed by atoms with Crippen molar-refractivity contribution in [1.82, 2.24) is 5.09 Å². The van der Waals surface area contributed by atoms with Crippen LogP contribution in [0.25, 0.3) is 0 Å². The Morgan fingerprint density at radius 2 is 2.08 bits per heavy atom. The maximum Gasteiger partial charge on any atom is 0.321 e. The van der Waals surface area contributed by atoms with Gasteiger partial charge in [-0.1, -0.05) is 39.7 Å². The third-order valence-corrected chi connectivity index (χ3v) is 2.18. The molecule has 1 aromatic rings. The van der Waals surface area contributed by atoms with Crippen LogP contribution < -0.4 is 5.09 Å². The Hall–Kier alpha value is -0.920. The SMILES string of the molecule is O=C(O)[C@H](Cc1ccccc1)NP. The molecule has 1 unspecified atom stereocenters. The molecule has 0 aromatic heterocycles. The van der Waals surface area contributed by atoms with Gasteiger partial charge in [0.1, 0.15) is 6.04 Å². The second-order valence-electron chi connectivity index (χ2n) is 2.75. The van der Waals surface area contributed by atoms with Gasteiger partial charge < -0.3 is 5.11 Å². The number of hydrogen-bond donors (Lipinski definition) is 2. The predicted octanol–water partition coefficient (Wildman–Crippen LogP) is 1.06. The molecular weight excluding hydrogens is 185 g/mol. The second kappa shape index (κ2) is 4.95. The first-order chi connectivity index (χ1) is 6.24. The van der Waals surface area contributed by atoms with E-state index in [1.54, 1.807) is 0 Å². The van der Waals surface area contributed by atoms with Crippen LogP contribution in [0.4, 0.5) is 0 Å². The number of benzene rings is 1. The van der Waals surface area contributed by atoms with Crippen LogP contribution in [0.3, 0.4) is 0 Å². The summed E-state index contributed by atoms with van der Waals surface area (Å²) in [6, 6.07) is 9.00. The van der Waals surface area contributed by atoms with E-state index in [2.05, 4.69) is 14.5 Å². The van der Waals surface area contributed by atoms with Crippen molar-refractivity contribution in [2.75, 3.05) is 0 Å². The van der Waals surface area contributed by atoms with Gasteiger partial charge in [-0.25, -0.2) is 0 Å². The highest BCUT2D eigenvalue weighted by atomic mass is 31.0. The molecule has 0 bridgehead atoms. The summed E-state index contributed by atoms with van der Waals surface area (Å²) in [7, 11) is 2.23. The fourth-order valence-corrected chi connectivity index (χ4v) is 1.33. The fourth-order valence-electron chi connectivity index (χ4n) is 1.07. The molecule has 0 aliphatic rings. The van der Waals surface area contributed by atoms with E-state index < -0.39 is 12.0 Å². The Morgan fingerprint density at radius 1 is 1.46 bits per heavy atom. The van der Waals surface area contributed by atoms with Crippen molar-refractivity contribution in [2.45, 2.75) is 12.5 Å². The summed E-state index contributed by atoms with van der Waals surface area (Å²) in [5.41, 5.74) is 1.02. The zero-order chi connectivity index (χ0) is 9.68. The average Bonchev–Trinajstić information content (AvgIpc) is 2.15. The smallest absolute Gasteiger partial charge is 0.321 e. The Balaban J connectivity index is 2.62. The average molecular weight is 197 g/mol. The molecule has 4 heteroatoms. The van der Waals surface area contributed by atoms with Crippen molar-refractivity contribution in [2.24, 2.45) is 0 Å². The molecule has 2 N–H and O–H groups in total. The summed E-state index contributed by atoms with van der Waals surface area (Å²) >= 11 is 0. The Bertz CT molecular complexity index is 276. The van der Waals surface area contributed by atoms with E-state index in [1.165, 1.54) is 0 Å². The normalized spacial score (nSPS) is 12.4. The molecule has 0 aliphatic carbocycles. The first-order valence-electron chi connectivity index (χ1n) is 3.97. The van der Waals surface area contributed by atoms with E-state index in [-0.39, 0.29) is 0 Å². The van der Waals surface area contributed by atoms with Gasteiger partial charge in [-0.3, -0.25) is 9.88 Å². The molecule has 0 saturated carbocycles. The van der Waals surface area contributed by atoms with Crippen LogP contribution >= 0.6 is 9.39 Å². The van der Waals surface area contributed by atoms with E-state index in [4.69, 9.17) is 5.11 Å². The minimum atomic E-state index is -0.834. The number of aliphatic carboxylic acids is 1. The van der Waals surface area contributed by atoms with Gasteiger partial charge in [-0.15, -0.1) is 0 Å². The van der Waals surface area contributed by atoms with E-state index in [9.17, 15) is 4.79 Å². The van der Waals surface area contributed by atoms with Crippen LogP contribution in [0, 0.1) is 0 Å². The van der Waals surface area contributed by atoms with Gasteiger partial charge in [0.25, 0.3) is 0 Å². The maximum atomic E-state index is 10.7. The summed E-state index contributed by atoms with van der Waals surface area (Å²) in [6.07, 6.45) is 0.500. The lowest BCUT2D eigenvalue weighted by molar-refractivity contribution is -0.138. The molecule has 2 atom stereocenters. The van der Waals surface area contributed by atoms with Gasteiger partial charge in [-0.2, -0.15) is 0 Å². The van der Waals surface area contributed by atoms with Crippen LogP contribution in [0.15, 0.2) is 30.3 Å². The molecule has 3 nitrogen and oxygen atoms in total. The van der Waals surface area contributed by atoms with Gasteiger partial charge in [0, 0.05) is 0 Å². The van der Waals surface area contributed by atoms with Crippen LogP contribution in [0.5, 0.6) is 0 Å². The molecule has 1 aromatic carbocycles. The number of carbonyl (C=O) groups is 1. The standard InChI is InChI=1S/C9H12NO2P/c11-9(12)8(10-13)6-7-4-2-1-3-5-7/h1-5,8,10H,6,13H2,(H,11,12)/t8-/m0/s1. The lowest BCUT2D eigenvalue weighted by atomic mass is 10.1. The van der Waals surface area contributed by atoms with E-state index in [0.29, 0.717) is 6.42 Å². The third kappa shape index (κ3) is 3.13. The van der Waals surface area contributed by atoms with E-state index in [0.717, 1.165) is 5.56 Å². The first-order valence-corrected chi connectivity index (χ1v) is 4.54. The highest BCUT2D eigenvalue weighted by Gasteiger charge is 2.14. The van der Waals surface area contributed by atoms with Gasteiger partial charge in [0.2, 0.25) is 0 Å². The van der Waals surface area contributed by atoms with Crippen LogP contribution in [0.1, 0.15) is 5.56 Å². The lowest BCUT2D eigenvalue weighted by Gasteiger charge is -2.10. The Labute approximate surface area is 79.4 Å². The van der Waals surface area contributed by atoms with E-state index >= 15 is 0 Å². The van der Waals surface area contributed by atoms with Crippen LogP contribution in [0.2, 0.25) is 0 Å². The summed E-state index contributed by atoms with van der Waals surface area (Å²) in [5, 5.41) is 11.4. The summed E-state index contributed by atoms with van der Waals surface area (Å²) < 4.78 is 0. The molecular formula is C9H12NO2P. The molecule has 1 rings (SSSR count). The molecule has 0 aliphatic heterocycles. The van der Waals surface area contributed by atoms with E-state index in [1.807, 2.05) is 30.3 Å². The third-order valence-electron chi connectivity index (χ3n) is 1.78. The van der Waals surface area contributed by atoms with Gasteiger partial charge >= 0.3 is 5.97 Å². The van der Waals surface area contributed by atoms with Crippen LogP contribution in [-0.4, -0.2) is 17.1 Å². The van der Waals surface area contributed by atoms with Gasteiger partial charge in [0.05, 0.1) is 0 Å². The number of carboxylic acids is 1. The van der Waals surface area contributed by atoms with Gasteiger partial charge in [0.15, 0.2) is 0 Å². The predicted molar refractivity (Wildman–Crippen MR) is 54.4 cm³/mol. The summed E-state index contributed by atoms with van der Waals surface area (Å²) in [6.45, 7) is 0. The highest BCUT2D eigenvalue weighted by Crippen LogP contribution is 2.03. The molecule has 70 valence electrons. The summed E-state index contributed by atoms with van der Waals surface area (Å²) in [5.74, 6) is -0.834. The molecule has 0 saturated heterocycles. The zero-order valence-corrected chi connectivity index (χ0v) is 8.26. The second-order valence-corrected chi connectivity index (χ2v) is 3.08. The van der Waals surface area contributed by atoms with Crippen molar-refractivity contribution in [1.29, 1.82) is 0 Å². The minimum absolute atomic E-state index is 0.500. The fraction of sp³-hybridized carbons (Fsp3) is 0.222. The molecule has 0 heterocycles. The number of hydrogen-bond acceptors (Lipinski definition) is 2. The molecule has 0 fully saturated rings. The topological polar surface area (TPSA) is 49.3 Å². The zero-order valence-electron chi connectivity index (χ0n) is 7.10.